The Morgan fingerprint density at radius 2 is 1.65 bits per heavy atom. The monoisotopic (exact) mass is 396 g/mol. The van der Waals surface area contributed by atoms with Gasteiger partial charge in [0.2, 0.25) is 5.91 Å². The lowest BCUT2D eigenvalue weighted by Crippen LogP contribution is -2.46. The number of nitrogens with one attached hydrogen (secondary N) is 2. The Balaban J connectivity index is 2.03. The summed E-state index contributed by atoms with van der Waals surface area (Å²) in [5.74, 6) is -0.224. The van der Waals surface area contributed by atoms with Crippen LogP contribution in [-0.4, -0.2) is 31.6 Å². The zero-order valence-corrected chi connectivity index (χ0v) is 16.1. The van der Waals surface area contributed by atoms with E-state index in [0.29, 0.717) is 10.7 Å². The average molecular weight is 397 g/mol. The molecule has 0 aliphatic carbocycles. The zero-order valence-electron chi connectivity index (χ0n) is 14.5. The third kappa shape index (κ3) is 5.72. The topological polar surface area (TPSA) is 95.5 Å². The van der Waals surface area contributed by atoms with Crippen molar-refractivity contribution in [2.75, 3.05) is 11.3 Å². The molecule has 0 radical (unpaired) electrons. The summed E-state index contributed by atoms with van der Waals surface area (Å²) in [4.78, 5) is 12.1. The van der Waals surface area contributed by atoms with Gasteiger partial charge < -0.3 is 10.4 Å². The minimum Gasteiger partial charge on any atom is -0.394 e. The van der Waals surface area contributed by atoms with Gasteiger partial charge in [-0.15, -0.1) is 0 Å². The number of anilines is 1. The van der Waals surface area contributed by atoms with Gasteiger partial charge in [-0.05, 0) is 55.8 Å². The summed E-state index contributed by atoms with van der Waals surface area (Å²) in [6, 6.07) is 12.4. The minimum absolute atomic E-state index is 0.108. The van der Waals surface area contributed by atoms with E-state index in [0.717, 1.165) is 5.56 Å². The van der Waals surface area contributed by atoms with Crippen molar-refractivity contribution >= 4 is 33.2 Å². The Morgan fingerprint density at radius 1 is 1.08 bits per heavy atom. The maximum Gasteiger partial charge on any atom is 0.261 e. The highest BCUT2D eigenvalue weighted by atomic mass is 35.5. The SMILES string of the molecule is CC(C)(CO)NC(=O)Cc1ccc(NS(=O)(=O)c2ccc(Cl)cc2)cc1. The van der Waals surface area contributed by atoms with Crippen molar-refractivity contribution in [1.29, 1.82) is 0 Å². The first-order valence-corrected chi connectivity index (χ1v) is 9.77. The maximum absolute atomic E-state index is 12.3. The van der Waals surface area contributed by atoms with Crippen LogP contribution in [0.15, 0.2) is 53.4 Å². The van der Waals surface area contributed by atoms with Crippen LogP contribution in [0.4, 0.5) is 5.69 Å². The van der Waals surface area contributed by atoms with Gasteiger partial charge in [-0.3, -0.25) is 9.52 Å². The molecule has 0 aromatic heterocycles. The van der Waals surface area contributed by atoms with E-state index >= 15 is 0 Å². The van der Waals surface area contributed by atoms with Crippen LogP contribution in [0.25, 0.3) is 0 Å². The van der Waals surface area contributed by atoms with Crippen molar-refractivity contribution in [2.45, 2.75) is 30.7 Å². The summed E-state index contributed by atoms with van der Waals surface area (Å²) < 4.78 is 27.1. The van der Waals surface area contributed by atoms with Gasteiger partial charge in [-0.1, -0.05) is 23.7 Å². The van der Waals surface area contributed by atoms with E-state index in [1.807, 2.05) is 0 Å². The Hall–Kier alpha value is -2.09. The van der Waals surface area contributed by atoms with Crippen LogP contribution in [-0.2, 0) is 21.2 Å². The van der Waals surface area contributed by atoms with Gasteiger partial charge in [-0.25, -0.2) is 8.42 Å². The number of aliphatic hydroxyl groups excluding tert-OH is 1. The summed E-state index contributed by atoms with van der Waals surface area (Å²) in [5, 5.41) is 12.4. The Bertz CT molecular complexity index is 863. The Kier molecular flexibility index (Phi) is 6.28. The molecule has 0 fully saturated rings. The lowest BCUT2D eigenvalue weighted by Gasteiger charge is -2.23. The van der Waals surface area contributed by atoms with Gasteiger partial charge in [-0.2, -0.15) is 0 Å². The lowest BCUT2D eigenvalue weighted by atomic mass is 10.1. The number of aliphatic hydroxyl groups is 1. The summed E-state index contributed by atoms with van der Waals surface area (Å²) in [5.41, 5.74) is 0.427. The van der Waals surface area contributed by atoms with E-state index < -0.39 is 15.6 Å². The van der Waals surface area contributed by atoms with Crippen molar-refractivity contribution in [2.24, 2.45) is 0 Å². The number of halogens is 1. The Labute approximate surface area is 158 Å². The summed E-state index contributed by atoms with van der Waals surface area (Å²) in [7, 11) is -3.71. The lowest BCUT2D eigenvalue weighted by molar-refractivity contribution is -0.122. The second-order valence-corrected chi connectivity index (χ2v) is 8.64. The second-order valence-electron chi connectivity index (χ2n) is 6.52. The molecule has 26 heavy (non-hydrogen) atoms. The molecular weight excluding hydrogens is 376 g/mol. The summed E-state index contributed by atoms with van der Waals surface area (Å²) in [6.07, 6.45) is 0.133. The highest BCUT2D eigenvalue weighted by Gasteiger charge is 2.19. The number of hydrogen-bond donors (Lipinski definition) is 3. The largest absolute Gasteiger partial charge is 0.394 e. The Morgan fingerprint density at radius 3 is 2.19 bits per heavy atom. The first-order chi connectivity index (χ1) is 12.1. The molecule has 8 heteroatoms. The van der Waals surface area contributed by atoms with Crippen LogP contribution < -0.4 is 10.0 Å². The molecule has 0 atom stereocenters. The van der Waals surface area contributed by atoms with Crippen LogP contribution in [0.3, 0.4) is 0 Å². The highest BCUT2D eigenvalue weighted by Crippen LogP contribution is 2.19. The van der Waals surface area contributed by atoms with Crippen LogP contribution in [0.2, 0.25) is 5.02 Å². The fourth-order valence-electron chi connectivity index (χ4n) is 2.17. The predicted octanol–water partition coefficient (Wildman–Crippen LogP) is 2.57. The van der Waals surface area contributed by atoms with Crippen molar-refractivity contribution < 1.29 is 18.3 Å². The van der Waals surface area contributed by atoms with E-state index in [4.69, 9.17) is 11.6 Å². The molecule has 0 heterocycles. The molecular formula is C18H21ClN2O4S. The second kappa shape index (κ2) is 8.07. The van der Waals surface area contributed by atoms with Gasteiger partial charge in [0, 0.05) is 10.7 Å². The number of carbonyl (C=O) groups is 1. The van der Waals surface area contributed by atoms with Crippen LogP contribution in [0.5, 0.6) is 0 Å². The summed E-state index contributed by atoms with van der Waals surface area (Å²) >= 11 is 5.77. The fourth-order valence-corrected chi connectivity index (χ4v) is 3.35. The molecule has 2 aromatic carbocycles. The molecule has 0 saturated heterocycles. The molecule has 0 aliphatic heterocycles. The van der Waals surface area contributed by atoms with Gasteiger partial charge in [0.25, 0.3) is 10.0 Å². The molecule has 0 bridgehead atoms. The molecule has 3 N–H and O–H groups in total. The smallest absolute Gasteiger partial charge is 0.261 e. The van der Waals surface area contributed by atoms with Gasteiger partial charge >= 0.3 is 0 Å². The summed E-state index contributed by atoms with van der Waals surface area (Å²) in [6.45, 7) is 3.28. The quantitative estimate of drug-likeness (QED) is 0.670. The van der Waals surface area contributed by atoms with Crippen LogP contribution in [0.1, 0.15) is 19.4 Å². The first-order valence-electron chi connectivity index (χ1n) is 7.90. The van der Waals surface area contributed by atoms with E-state index in [1.54, 1.807) is 38.1 Å². The number of carbonyl (C=O) groups excluding carboxylic acids is 1. The van der Waals surface area contributed by atoms with E-state index in [9.17, 15) is 18.3 Å². The van der Waals surface area contributed by atoms with E-state index in [1.165, 1.54) is 24.3 Å². The third-order valence-electron chi connectivity index (χ3n) is 3.57. The number of amides is 1. The normalized spacial score (nSPS) is 11.8. The molecule has 2 aromatic rings. The van der Waals surface area contributed by atoms with Crippen molar-refractivity contribution in [3.63, 3.8) is 0 Å². The molecule has 140 valence electrons. The van der Waals surface area contributed by atoms with E-state index in [-0.39, 0.29) is 23.8 Å². The zero-order chi connectivity index (χ0) is 19.4. The first kappa shape index (κ1) is 20.2. The molecule has 0 aliphatic rings. The standard InChI is InChI=1S/C18H21ClN2O4S/c1-18(2,12-22)20-17(23)11-13-3-7-15(8-4-13)21-26(24,25)16-9-5-14(19)6-10-16/h3-10,21-22H,11-12H2,1-2H3,(H,20,23). The van der Waals surface area contributed by atoms with Crippen molar-refractivity contribution in [3.05, 3.63) is 59.1 Å². The maximum atomic E-state index is 12.3. The number of benzene rings is 2. The van der Waals surface area contributed by atoms with Crippen molar-refractivity contribution in [3.8, 4) is 0 Å². The molecule has 6 nitrogen and oxygen atoms in total. The average Bonchev–Trinajstić information content (AvgIpc) is 2.56. The molecule has 0 spiro atoms. The van der Waals surface area contributed by atoms with E-state index in [2.05, 4.69) is 10.0 Å². The third-order valence-corrected chi connectivity index (χ3v) is 5.22. The molecule has 0 unspecified atom stereocenters. The molecule has 0 saturated carbocycles. The van der Waals surface area contributed by atoms with Gasteiger partial charge in [0.15, 0.2) is 0 Å². The predicted molar refractivity (Wildman–Crippen MR) is 102 cm³/mol. The molecule has 2 rings (SSSR count). The van der Waals surface area contributed by atoms with Crippen LogP contribution >= 0.6 is 11.6 Å². The van der Waals surface area contributed by atoms with Gasteiger partial charge in [0.1, 0.15) is 0 Å². The number of sulfonamides is 1. The highest BCUT2D eigenvalue weighted by molar-refractivity contribution is 7.92. The molecule has 1 amide bonds. The van der Waals surface area contributed by atoms with Crippen molar-refractivity contribution in [1.82, 2.24) is 5.32 Å². The van der Waals surface area contributed by atoms with Crippen LogP contribution in [0, 0.1) is 0 Å². The fraction of sp³-hybridized carbons (Fsp3) is 0.278. The number of rotatable bonds is 7. The number of hydrogen-bond acceptors (Lipinski definition) is 4. The minimum atomic E-state index is -3.71. The van der Waals surface area contributed by atoms with Gasteiger partial charge in [0.05, 0.1) is 23.5 Å².